The average Bonchev–Trinajstić information content (AvgIpc) is 2.50. The molecule has 0 amide bonds. The molecule has 4 nitrogen and oxygen atoms in total. The van der Waals surface area contributed by atoms with Crippen LogP contribution >= 0.6 is 0 Å². The molecular weight excluding hydrogens is 280 g/mol. The number of aliphatic carboxylic acids is 1. The van der Waals surface area contributed by atoms with Crippen molar-refractivity contribution < 1.29 is 20.0 Å². The van der Waals surface area contributed by atoms with Gasteiger partial charge in [0.05, 0.1) is 0 Å². The van der Waals surface area contributed by atoms with Crippen molar-refractivity contribution in [1.82, 2.24) is 0 Å². The number of hydrogen-bond donors (Lipinski definition) is 2. The molecule has 0 aliphatic rings. The van der Waals surface area contributed by atoms with Gasteiger partial charge in [-0.05, 0) is 25.7 Å². The Hall–Kier alpha value is -1.39. The Morgan fingerprint density at radius 1 is 1.05 bits per heavy atom. The summed E-state index contributed by atoms with van der Waals surface area (Å²) in [7, 11) is 0. The van der Waals surface area contributed by atoms with Crippen LogP contribution in [0.25, 0.3) is 0 Å². The van der Waals surface area contributed by atoms with Gasteiger partial charge in [-0.1, -0.05) is 69.1 Å². The second-order valence-electron chi connectivity index (χ2n) is 5.27. The van der Waals surface area contributed by atoms with Crippen molar-refractivity contribution in [1.29, 1.82) is 0 Å². The number of carboxylic acid groups (broad SMARTS) is 1. The summed E-state index contributed by atoms with van der Waals surface area (Å²) in [6.07, 6.45) is 19.5. The zero-order valence-corrected chi connectivity index (χ0v) is 13.6. The fourth-order valence-corrected chi connectivity index (χ4v) is 2.02. The third kappa shape index (κ3) is 15.0. The van der Waals surface area contributed by atoms with Crippen LogP contribution < -0.4 is 0 Å². The average molecular weight is 310 g/mol. The molecule has 0 radical (unpaired) electrons. The van der Waals surface area contributed by atoms with Crippen molar-refractivity contribution in [3.05, 3.63) is 36.5 Å². The molecule has 0 aromatic rings. The highest BCUT2D eigenvalue weighted by atomic mass is 17.1. The Bertz CT molecular complexity index is 345. The summed E-state index contributed by atoms with van der Waals surface area (Å²) in [4.78, 5) is 14.8. The number of carboxylic acids is 1. The van der Waals surface area contributed by atoms with Crippen LogP contribution in [0.4, 0.5) is 0 Å². The molecule has 0 unspecified atom stereocenters. The summed E-state index contributed by atoms with van der Waals surface area (Å²) < 4.78 is 0. The highest BCUT2D eigenvalue weighted by Gasteiger charge is 2.03. The largest absolute Gasteiger partial charge is 0.481 e. The van der Waals surface area contributed by atoms with Gasteiger partial charge >= 0.3 is 5.97 Å². The van der Waals surface area contributed by atoms with Crippen molar-refractivity contribution in [2.24, 2.45) is 0 Å². The van der Waals surface area contributed by atoms with Gasteiger partial charge in [-0.3, -0.25) is 10.1 Å². The summed E-state index contributed by atoms with van der Waals surface area (Å²) in [5, 5.41) is 17.4. The van der Waals surface area contributed by atoms with Gasteiger partial charge < -0.3 is 5.11 Å². The van der Waals surface area contributed by atoms with E-state index in [9.17, 15) is 4.79 Å². The first-order valence-corrected chi connectivity index (χ1v) is 8.21. The summed E-state index contributed by atoms with van der Waals surface area (Å²) in [5.74, 6) is -0.725. The van der Waals surface area contributed by atoms with E-state index in [2.05, 4.69) is 30.0 Å². The Kier molecular flexibility index (Phi) is 15.0. The van der Waals surface area contributed by atoms with Gasteiger partial charge in [-0.15, -0.1) is 0 Å². The minimum atomic E-state index is -0.725. The molecule has 0 heterocycles. The topological polar surface area (TPSA) is 66.8 Å². The van der Waals surface area contributed by atoms with Gasteiger partial charge in [-0.2, -0.15) is 0 Å². The maximum Gasteiger partial charge on any atom is 0.303 e. The minimum absolute atomic E-state index is 0.255. The van der Waals surface area contributed by atoms with E-state index in [0.29, 0.717) is 0 Å². The third-order valence-electron chi connectivity index (χ3n) is 3.26. The third-order valence-corrected chi connectivity index (χ3v) is 3.26. The summed E-state index contributed by atoms with van der Waals surface area (Å²) in [5.41, 5.74) is 0. The van der Waals surface area contributed by atoms with E-state index >= 15 is 0 Å². The lowest BCUT2D eigenvalue weighted by Gasteiger charge is -2.08. The minimum Gasteiger partial charge on any atom is -0.481 e. The highest BCUT2D eigenvalue weighted by molar-refractivity contribution is 5.66. The van der Waals surface area contributed by atoms with Gasteiger partial charge in [0.25, 0.3) is 0 Å². The Labute approximate surface area is 134 Å². The molecule has 0 spiro atoms. The standard InChI is InChI=1S/C18H30O4/c1-2-3-4-5-6-8-11-14-17(22-21)15-12-9-7-10-13-16-18(19)20/h3-4,6,8,11,14,17,21H,2,5,7,9-10,12-13,15-16H2,1H3,(H,19,20)/t17-/m1/s1. The number of unbranched alkanes of at least 4 members (excludes halogenated alkanes) is 4. The maximum atomic E-state index is 10.4. The Morgan fingerprint density at radius 3 is 2.45 bits per heavy atom. The van der Waals surface area contributed by atoms with Gasteiger partial charge in [0.1, 0.15) is 6.10 Å². The van der Waals surface area contributed by atoms with Gasteiger partial charge in [0.15, 0.2) is 0 Å². The maximum absolute atomic E-state index is 10.4. The second-order valence-corrected chi connectivity index (χ2v) is 5.27. The fraction of sp³-hybridized carbons (Fsp3) is 0.611. The monoisotopic (exact) mass is 310 g/mol. The van der Waals surface area contributed by atoms with Crippen molar-refractivity contribution in [3.8, 4) is 0 Å². The van der Waals surface area contributed by atoms with Crippen LogP contribution in [0.3, 0.4) is 0 Å². The van der Waals surface area contributed by atoms with E-state index in [-0.39, 0.29) is 12.5 Å². The molecule has 0 aliphatic heterocycles. The van der Waals surface area contributed by atoms with Gasteiger partial charge in [0, 0.05) is 6.42 Å². The molecule has 0 bridgehead atoms. The molecule has 0 aromatic heterocycles. The SMILES string of the molecule is CCC=CCC=CC=C[C@H](CCCCCCCC(=O)O)OO. The van der Waals surface area contributed by atoms with Crippen molar-refractivity contribution in [2.45, 2.75) is 70.8 Å². The second kappa shape index (κ2) is 16.0. The molecular formula is C18H30O4. The summed E-state index contributed by atoms with van der Waals surface area (Å²) >= 11 is 0. The van der Waals surface area contributed by atoms with E-state index in [0.717, 1.165) is 51.4 Å². The van der Waals surface area contributed by atoms with Crippen LogP contribution in [-0.4, -0.2) is 22.4 Å². The predicted octanol–water partition coefficient (Wildman–Crippen LogP) is 5.13. The summed E-state index contributed by atoms with van der Waals surface area (Å²) in [6.45, 7) is 2.11. The molecule has 0 saturated heterocycles. The molecule has 0 fully saturated rings. The van der Waals surface area contributed by atoms with E-state index < -0.39 is 5.97 Å². The van der Waals surface area contributed by atoms with Crippen LogP contribution in [0, 0.1) is 0 Å². The molecule has 1 atom stereocenters. The lowest BCUT2D eigenvalue weighted by molar-refractivity contribution is -0.267. The molecule has 0 rings (SSSR count). The Morgan fingerprint density at radius 2 is 1.77 bits per heavy atom. The molecule has 0 aromatic carbocycles. The van der Waals surface area contributed by atoms with Gasteiger partial charge in [-0.25, -0.2) is 4.89 Å². The first kappa shape index (κ1) is 20.6. The Balaban J connectivity index is 3.65. The quantitative estimate of drug-likeness (QED) is 0.153. The summed E-state index contributed by atoms with van der Waals surface area (Å²) in [6, 6.07) is 0. The highest BCUT2D eigenvalue weighted by Crippen LogP contribution is 2.11. The fourth-order valence-electron chi connectivity index (χ4n) is 2.02. The number of allylic oxidation sites excluding steroid dienone is 5. The van der Waals surface area contributed by atoms with Gasteiger partial charge in [0.2, 0.25) is 0 Å². The normalized spacial score (nSPS) is 13.5. The predicted molar refractivity (Wildman–Crippen MR) is 89.8 cm³/mol. The number of hydrogen-bond acceptors (Lipinski definition) is 3. The molecule has 0 saturated carbocycles. The zero-order valence-electron chi connectivity index (χ0n) is 13.6. The van der Waals surface area contributed by atoms with E-state index in [1.54, 1.807) is 0 Å². The molecule has 0 aliphatic carbocycles. The first-order chi connectivity index (χ1) is 10.7. The van der Waals surface area contributed by atoms with Crippen LogP contribution in [0.15, 0.2) is 36.5 Å². The van der Waals surface area contributed by atoms with Crippen LogP contribution in [0.1, 0.15) is 64.7 Å². The van der Waals surface area contributed by atoms with E-state index in [1.165, 1.54) is 0 Å². The lowest BCUT2D eigenvalue weighted by Crippen LogP contribution is -2.06. The van der Waals surface area contributed by atoms with Crippen molar-refractivity contribution in [3.63, 3.8) is 0 Å². The lowest BCUT2D eigenvalue weighted by atomic mass is 10.1. The molecule has 126 valence electrons. The number of carbonyl (C=O) groups is 1. The molecule has 2 N–H and O–H groups in total. The zero-order chi connectivity index (χ0) is 16.5. The molecule has 4 heteroatoms. The molecule has 22 heavy (non-hydrogen) atoms. The van der Waals surface area contributed by atoms with Crippen molar-refractivity contribution >= 4 is 5.97 Å². The van der Waals surface area contributed by atoms with Crippen LogP contribution in [0.5, 0.6) is 0 Å². The number of rotatable bonds is 14. The van der Waals surface area contributed by atoms with E-state index in [4.69, 9.17) is 10.4 Å². The first-order valence-electron chi connectivity index (χ1n) is 8.21. The smallest absolute Gasteiger partial charge is 0.303 e. The van der Waals surface area contributed by atoms with Crippen molar-refractivity contribution in [2.75, 3.05) is 0 Å². The van der Waals surface area contributed by atoms with Crippen LogP contribution in [0.2, 0.25) is 0 Å². The van der Waals surface area contributed by atoms with Crippen LogP contribution in [-0.2, 0) is 9.68 Å². The van der Waals surface area contributed by atoms with E-state index in [1.807, 2.05) is 18.2 Å².